The predicted octanol–water partition coefficient (Wildman–Crippen LogP) is 4.50. The van der Waals surface area contributed by atoms with Crippen LogP contribution in [0.15, 0.2) is 18.2 Å². The zero-order chi connectivity index (χ0) is 30.9. The molecule has 0 aliphatic rings. The van der Waals surface area contributed by atoms with Gasteiger partial charge < -0.3 is 30.4 Å². The molecular weight excluding hydrogens is 510 g/mol. The monoisotopic (exact) mass is 563 g/mol. The van der Waals surface area contributed by atoms with Gasteiger partial charge in [-0.3, -0.25) is 9.59 Å². The van der Waals surface area contributed by atoms with Crippen LogP contribution in [0.4, 0.5) is 0 Å². The molecule has 0 aliphatic heterocycles. The Hall–Kier alpha value is -2.83. The highest BCUT2D eigenvalue weighted by Crippen LogP contribution is 2.32. The molecule has 0 aromatic heterocycles. The summed E-state index contributed by atoms with van der Waals surface area (Å²) >= 11 is 0. The minimum Gasteiger partial charge on any atom is -0.493 e. The minimum atomic E-state index is -0.823. The molecule has 1 aromatic carbocycles. The maximum absolute atomic E-state index is 12.9. The molecule has 0 aliphatic carbocycles. The molecular formula is C31H53N3O6. The van der Waals surface area contributed by atoms with Crippen LogP contribution in [0.2, 0.25) is 0 Å². The van der Waals surface area contributed by atoms with E-state index in [1.165, 1.54) is 0 Å². The number of benzene rings is 1. The number of primary amides is 1. The Morgan fingerprint density at radius 3 is 2.23 bits per heavy atom. The first-order chi connectivity index (χ1) is 18.8. The van der Waals surface area contributed by atoms with Crippen molar-refractivity contribution in [3.8, 4) is 18.1 Å². The maximum atomic E-state index is 12.9. The topological polar surface area (TPSA) is 144 Å². The highest BCUT2D eigenvalue weighted by Gasteiger charge is 2.30. The first-order valence-electron chi connectivity index (χ1n) is 14.1. The van der Waals surface area contributed by atoms with Crippen LogP contribution < -0.4 is 20.5 Å². The van der Waals surface area contributed by atoms with Crippen LogP contribution in [0, 0.1) is 40.9 Å². The summed E-state index contributed by atoms with van der Waals surface area (Å²) in [6.07, 6.45) is 2.91. The minimum absolute atomic E-state index is 0.0591. The predicted molar refractivity (Wildman–Crippen MR) is 158 cm³/mol. The summed E-state index contributed by atoms with van der Waals surface area (Å²) in [6, 6.07) is 6.06. The van der Waals surface area contributed by atoms with Crippen LogP contribution in [0.3, 0.4) is 0 Å². The lowest BCUT2D eigenvalue weighted by atomic mass is 9.82. The van der Waals surface area contributed by atoms with Gasteiger partial charge >= 0.3 is 0 Å². The van der Waals surface area contributed by atoms with E-state index in [0.717, 1.165) is 30.6 Å². The maximum Gasteiger partial charge on any atom is 0.224 e. The van der Waals surface area contributed by atoms with Gasteiger partial charge in [-0.25, -0.2) is 5.26 Å². The van der Waals surface area contributed by atoms with Gasteiger partial charge in [-0.1, -0.05) is 33.8 Å². The van der Waals surface area contributed by atoms with Gasteiger partial charge in [0.1, 0.15) is 0 Å². The average Bonchev–Trinajstić information content (AvgIpc) is 2.91. The fourth-order valence-corrected chi connectivity index (χ4v) is 4.35. The molecule has 3 atom stereocenters. The van der Waals surface area contributed by atoms with Gasteiger partial charge in [-0.05, 0) is 75.0 Å². The van der Waals surface area contributed by atoms with Gasteiger partial charge in [0.2, 0.25) is 11.8 Å². The van der Waals surface area contributed by atoms with E-state index >= 15 is 0 Å². The first-order valence-corrected chi connectivity index (χ1v) is 14.1. The summed E-state index contributed by atoms with van der Waals surface area (Å²) in [6.45, 7) is 16.7. The zero-order valence-corrected chi connectivity index (χ0v) is 25.9. The molecule has 0 saturated heterocycles. The fraction of sp³-hybridized carbons (Fsp3) is 0.710. The van der Waals surface area contributed by atoms with Crippen molar-refractivity contribution < 1.29 is 28.9 Å². The van der Waals surface area contributed by atoms with Crippen molar-refractivity contribution in [2.45, 2.75) is 79.8 Å². The highest BCUT2D eigenvalue weighted by atomic mass is 16.5. The molecule has 0 bridgehead atoms. The Labute approximate surface area is 241 Å². The normalized spacial score (nSPS) is 13.6. The van der Waals surface area contributed by atoms with E-state index in [1.54, 1.807) is 28.1 Å². The van der Waals surface area contributed by atoms with Crippen molar-refractivity contribution in [1.29, 1.82) is 5.26 Å². The average molecular weight is 564 g/mol. The number of hydrogen-bond acceptors (Lipinski definition) is 7. The van der Waals surface area contributed by atoms with Crippen LogP contribution in [-0.2, 0) is 20.7 Å². The Balaban J connectivity index is 0.00000742. The summed E-state index contributed by atoms with van der Waals surface area (Å²) < 4.78 is 16.5. The van der Waals surface area contributed by atoms with Crippen molar-refractivity contribution in [2.75, 3.05) is 34.0 Å². The van der Waals surface area contributed by atoms with Crippen LogP contribution in [0.5, 0.6) is 11.5 Å². The summed E-state index contributed by atoms with van der Waals surface area (Å²) in [7, 11) is 3.31. The van der Waals surface area contributed by atoms with Gasteiger partial charge in [0.05, 0.1) is 25.2 Å². The Morgan fingerprint density at radius 2 is 1.70 bits per heavy atom. The number of aliphatic hydroxyl groups excluding tert-OH is 1. The third-order valence-electron chi connectivity index (χ3n) is 7.33. The summed E-state index contributed by atoms with van der Waals surface area (Å²) in [5.74, 6) is 1.34. The molecule has 1 aromatic rings. The number of nitrogens with one attached hydrogen (secondary N) is 1. The Morgan fingerprint density at radius 1 is 1.05 bits per heavy atom. The number of carbonyl (C=O) groups excluding carboxylic acids is 2. The van der Waals surface area contributed by atoms with E-state index in [4.69, 9.17) is 25.2 Å². The highest BCUT2D eigenvalue weighted by molar-refractivity contribution is 5.83. The quantitative estimate of drug-likeness (QED) is 0.210. The van der Waals surface area contributed by atoms with Gasteiger partial charge in [0.25, 0.3) is 0 Å². The molecule has 9 nitrogen and oxygen atoms in total. The molecule has 0 saturated carbocycles. The van der Waals surface area contributed by atoms with Gasteiger partial charge in [-0.2, -0.15) is 0 Å². The third-order valence-corrected chi connectivity index (χ3v) is 7.33. The van der Waals surface area contributed by atoms with E-state index in [-0.39, 0.29) is 24.3 Å². The summed E-state index contributed by atoms with van der Waals surface area (Å²) in [5.41, 5.74) is 5.77. The SMILES string of the molecule is C#N.COCCCOc1cc(CC(CC[C@@H](O)CC(C(=O)NCC(C)(C)C(N)=O)C(C)C)C(C)C)ccc1OC. The number of nitrogens with two attached hydrogens (primary N) is 1. The largest absolute Gasteiger partial charge is 0.493 e. The van der Waals surface area contributed by atoms with Crippen molar-refractivity contribution in [3.63, 3.8) is 0 Å². The van der Waals surface area contributed by atoms with Crippen LogP contribution in [0.25, 0.3) is 0 Å². The molecule has 2 unspecified atom stereocenters. The van der Waals surface area contributed by atoms with E-state index in [0.29, 0.717) is 43.6 Å². The van der Waals surface area contributed by atoms with E-state index in [1.807, 2.05) is 26.0 Å². The van der Waals surface area contributed by atoms with Crippen LogP contribution in [-0.4, -0.2) is 57.0 Å². The van der Waals surface area contributed by atoms with Crippen molar-refractivity contribution in [3.05, 3.63) is 23.8 Å². The third kappa shape index (κ3) is 13.5. The standard InChI is InChI=1S/C30H52N2O6.CHN/c1-20(2)23(16-22-10-13-26(37-8)27(17-22)38-15-9-14-36-7)11-12-24(33)18-25(21(3)4)28(34)32-19-30(5,6)29(31)35;1-2/h10,13,17,20-21,23-25,33H,9,11-12,14-16,18-19H2,1-8H3,(H2,31,35)(H,32,34);1H/t23?,24-,25?;/m1./s1. The van der Waals surface area contributed by atoms with Crippen LogP contribution in [0.1, 0.15) is 72.8 Å². The Kier molecular flexibility index (Phi) is 17.9. The lowest BCUT2D eigenvalue weighted by molar-refractivity contribution is -0.130. The van der Waals surface area contributed by atoms with Gasteiger partial charge in [-0.15, -0.1) is 0 Å². The van der Waals surface area contributed by atoms with Crippen molar-refractivity contribution in [1.82, 2.24) is 5.32 Å². The molecule has 228 valence electrons. The molecule has 2 amide bonds. The second-order valence-corrected chi connectivity index (χ2v) is 11.7. The number of amides is 2. The second kappa shape index (κ2) is 19.3. The number of hydrogen-bond donors (Lipinski definition) is 3. The number of nitriles is 1. The fourth-order valence-electron chi connectivity index (χ4n) is 4.35. The van der Waals surface area contributed by atoms with Crippen molar-refractivity contribution >= 4 is 11.8 Å². The lowest BCUT2D eigenvalue weighted by Crippen LogP contribution is -2.45. The lowest BCUT2D eigenvalue weighted by Gasteiger charge is -2.27. The van der Waals surface area contributed by atoms with E-state index in [9.17, 15) is 14.7 Å². The molecule has 0 spiro atoms. The molecule has 40 heavy (non-hydrogen) atoms. The molecule has 1 rings (SSSR count). The zero-order valence-electron chi connectivity index (χ0n) is 25.9. The number of rotatable bonds is 19. The van der Waals surface area contributed by atoms with E-state index in [2.05, 4.69) is 31.8 Å². The van der Waals surface area contributed by atoms with Crippen LogP contribution >= 0.6 is 0 Å². The molecule has 0 radical (unpaired) electrons. The summed E-state index contributed by atoms with van der Waals surface area (Å²) in [5, 5.41) is 20.2. The second-order valence-electron chi connectivity index (χ2n) is 11.7. The molecule has 0 fully saturated rings. The van der Waals surface area contributed by atoms with Crippen molar-refractivity contribution in [2.24, 2.45) is 34.8 Å². The number of carbonyl (C=O) groups is 2. The number of nitrogens with zero attached hydrogens (tertiary/aromatic N) is 1. The molecule has 0 heterocycles. The number of ether oxygens (including phenoxy) is 3. The molecule has 4 N–H and O–H groups in total. The first kappa shape index (κ1) is 37.2. The van der Waals surface area contributed by atoms with Gasteiger partial charge in [0.15, 0.2) is 11.5 Å². The Bertz CT molecular complexity index is 900. The van der Waals surface area contributed by atoms with Gasteiger partial charge in [0, 0.05) is 39.2 Å². The molecule has 9 heteroatoms. The van der Waals surface area contributed by atoms with E-state index < -0.39 is 17.4 Å². The number of methoxy groups -OCH3 is 2. The summed E-state index contributed by atoms with van der Waals surface area (Å²) in [4.78, 5) is 24.5. The number of aliphatic hydroxyl groups is 1. The smallest absolute Gasteiger partial charge is 0.224 e.